The quantitative estimate of drug-likeness (QED) is 0.822. The molecule has 5 heteroatoms. The minimum Gasteiger partial charge on any atom is -0.481 e. The van der Waals surface area contributed by atoms with Crippen LogP contribution in [0.25, 0.3) is 0 Å². The summed E-state index contributed by atoms with van der Waals surface area (Å²) < 4.78 is 0. The van der Waals surface area contributed by atoms with Crippen molar-refractivity contribution in [1.29, 1.82) is 5.26 Å². The highest BCUT2D eigenvalue weighted by molar-refractivity contribution is 5.76. The summed E-state index contributed by atoms with van der Waals surface area (Å²) in [5.41, 5.74) is 0.421. The van der Waals surface area contributed by atoms with E-state index in [1.165, 1.54) is 0 Å². The van der Waals surface area contributed by atoms with Crippen LogP contribution in [0.4, 0.5) is 5.69 Å². The Labute approximate surface area is 99.1 Å². The molecule has 1 aromatic rings. The van der Waals surface area contributed by atoms with E-state index in [9.17, 15) is 4.79 Å². The van der Waals surface area contributed by atoms with E-state index in [0.29, 0.717) is 30.6 Å². The van der Waals surface area contributed by atoms with Gasteiger partial charge in [-0.05, 0) is 18.9 Å². The van der Waals surface area contributed by atoms with Crippen molar-refractivity contribution in [2.45, 2.75) is 19.3 Å². The number of hydrogen-bond acceptors (Lipinski definition) is 4. The predicted octanol–water partition coefficient (Wildman–Crippen LogP) is 1.62. The molecule has 0 spiro atoms. The van der Waals surface area contributed by atoms with Crippen LogP contribution in [0.3, 0.4) is 0 Å². The Balaban J connectivity index is 2.07. The molecule has 88 valence electrons. The van der Waals surface area contributed by atoms with Crippen LogP contribution in [-0.2, 0) is 4.79 Å². The molecule has 0 unspecified atom stereocenters. The first kappa shape index (κ1) is 11.4. The van der Waals surface area contributed by atoms with E-state index in [1.807, 2.05) is 6.07 Å². The van der Waals surface area contributed by atoms with Crippen molar-refractivity contribution in [3.63, 3.8) is 0 Å². The molecular weight excluding hydrogens is 218 g/mol. The minimum absolute atomic E-state index is 0.350. The molecule has 0 amide bonds. The van der Waals surface area contributed by atoms with Crippen LogP contribution in [0.15, 0.2) is 18.5 Å². The SMILES string of the molecule is N#Cc1ccncc1NCC1(C(=O)O)CCC1. The number of pyridine rings is 1. The van der Waals surface area contributed by atoms with Gasteiger partial charge in [0.2, 0.25) is 0 Å². The summed E-state index contributed by atoms with van der Waals surface area (Å²) in [6, 6.07) is 3.65. The summed E-state index contributed by atoms with van der Waals surface area (Å²) in [5, 5.41) is 21.1. The van der Waals surface area contributed by atoms with Crippen molar-refractivity contribution < 1.29 is 9.90 Å². The first-order valence-corrected chi connectivity index (χ1v) is 5.49. The summed E-state index contributed by atoms with van der Waals surface area (Å²) in [4.78, 5) is 15.1. The Morgan fingerprint density at radius 2 is 2.41 bits per heavy atom. The molecular formula is C12H13N3O2. The summed E-state index contributed by atoms with van der Waals surface area (Å²) >= 11 is 0. The molecule has 0 aromatic carbocycles. The van der Waals surface area contributed by atoms with Gasteiger partial charge in [0, 0.05) is 12.7 Å². The largest absolute Gasteiger partial charge is 0.481 e. The normalized spacial score (nSPS) is 16.6. The number of nitrogens with zero attached hydrogens (tertiary/aromatic N) is 2. The molecule has 5 nitrogen and oxygen atoms in total. The second kappa shape index (κ2) is 4.42. The first-order valence-electron chi connectivity index (χ1n) is 5.49. The molecule has 1 fully saturated rings. The van der Waals surface area contributed by atoms with Gasteiger partial charge in [0.05, 0.1) is 22.9 Å². The van der Waals surface area contributed by atoms with E-state index in [0.717, 1.165) is 6.42 Å². The molecule has 0 saturated heterocycles. The molecule has 1 saturated carbocycles. The fraction of sp³-hybridized carbons (Fsp3) is 0.417. The summed E-state index contributed by atoms with van der Waals surface area (Å²) in [6.07, 6.45) is 5.42. The number of carboxylic acid groups (broad SMARTS) is 1. The highest BCUT2D eigenvalue weighted by atomic mass is 16.4. The van der Waals surface area contributed by atoms with E-state index in [-0.39, 0.29) is 0 Å². The zero-order valence-electron chi connectivity index (χ0n) is 9.31. The Kier molecular flexibility index (Phi) is 2.96. The summed E-state index contributed by atoms with van der Waals surface area (Å²) in [5.74, 6) is -0.765. The minimum atomic E-state index is -0.765. The van der Waals surface area contributed by atoms with Crippen LogP contribution in [0.1, 0.15) is 24.8 Å². The third-order valence-corrected chi connectivity index (χ3v) is 3.32. The molecule has 0 bridgehead atoms. The van der Waals surface area contributed by atoms with Gasteiger partial charge in [-0.25, -0.2) is 0 Å². The van der Waals surface area contributed by atoms with Gasteiger partial charge in [-0.3, -0.25) is 9.78 Å². The van der Waals surface area contributed by atoms with Crippen LogP contribution < -0.4 is 5.32 Å². The second-order valence-corrected chi connectivity index (χ2v) is 4.33. The fourth-order valence-electron chi connectivity index (χ4n) is 1.97. The highest BCUT2D eigenvalue weighted by Gasteiger charge is 2.44. The molecule has 2 rings (SSSR count). The van der Waals surface area contributed by atoms with Crippen molar-refractivity contribution in [2.75, 3.05) is 11.9 Å². The molecule has 0 radical (unpaired) electrons. The molecule has 0 atom stereocenters. The highest BCUT2D eigenvalue weighted by Crippen LogP contribution is 2.41. The molecule has 1 aliphatic carbocycles. The third kappa shape index (κ3) is 2.07. The zero-order valence-corrected chi connectivity index (χ0v) is 9.31. The molecule has 1 aromatic heterocycles. The number of carboxylic acids is 1. The maximum absolute atomic E-state index is 11.2. The van der Waals surface area contributed by atoms with E-state index in [4.69, 9.17) is 10.4 Å². The maximum atomic E-state index is 11.2. The average Bonchev–Trinajstić information content (AvgIpc) is 2.27. The molecule has 1 aliphatic rings. The Bertz CT molecular complexity index is 475. The van der Waals surface area contributed by atoms with Crippen LogP contribution in [0, 0.1) is 16.7 Å². The number of carbonyl (C=O) groups is 1. The first-order chi connectivity index (χ1) is 8.18. The standard InChI is InChI=1S/C12H13N3O2/c13-6-9-2-5-14-7-10(9)15-8-12(11(16)17)3-1-4-12/h2,5,7,15H,1,3-4,8H2,(H,16,17). The number of nitrogens with one attached hydrogen (secondary N) is 1. The van der Waals surface area contributed by atoms with Gasteiger partial charge >= 0.3 is 5.97 Å². The van der Waals surface area contributed by atoms with E-state index >= 15 is 0 Å². The molecule has 1 heterocycles. The number of rotatable bonds is 4. The number of aromatic nitrogens is 1. The van der Waals surface area contributed by atoms with Crippen LogP contribution in [-0.4, -0.2) is 22.6 Å². The van der Waals surface area contributed by atoms with Crippen LogP contribution >= 0.6 is 0 Å². The van der Waals surface area contributed by atoms with Crippen LogP contribution in [0.2, 0.25) is 0 Å². The second-order valence-electron chi connectivity index (χ2n) is 4.33. The summed E-state index contributed by atoms with van der Waals surface area (Å²) in [7, 11) is 0. The van der Waals surface area contributed by atoms with Crippen molar-refractivity contribution in [1.82, 2.24) is 4.98 Å². The van der Waals surface area contributed by atoms with Crippen molar-refractivity contribution in [3.05, 3.63) is 24.0 Å². The Morgan fingerprint density at radius 3 is 2.94 bits per heavy atom. The monoisotopic (exact) mass is 231 g/mol. The average molecular weight is 231 g/mol. The van der Waals surface area contributed by atoms with Crippen molar-refractivity contribution in [2.24, 2.45) is 5.41 Å². The van der Waals surface area contributed by atoms with Gasteiger partial charge < -0.3 is 10.4 Å². The number of hydrogen-bond donors (Lipinski definition) is 2. The van der Waals surface area contributed by atoms with Gasteiger partial charge in [0.1, 0.15) is 6.07 Å². The van der Waals surface area contributed by atoms with Crippen molar-refractivity contribution >= 4 is 11.7 Å². The smallest absolute Gasteiger partial charge is 0.311 e. The zero-order chi connectivity index (χ0) is 12.3. The fourth-order valence-corrected chi connectivity index (χ4v) is 1.97. The molecule has 2 N–H and O–H groups in total. The van der Waals surface area contributed by atoms with Gasteiger partial charge in [-0.1, -0.05) is 6.42 Å². The molecule has 17 heavy (non-hydrogen) atoms. The lowest BCUT2D eigenvalue weighted by atomic mass is 9.69. The Morgan fingerprint density at radius 1 is 1.65 bits per heavy atom. The van der Waals surface area contributed by atoms with Crippen LogP contribution in [0.5, 0.6) is 0 Å². The third-order valence-electron chi connectivity index (χ3n) is 3.32. The van der Waals surface area contributed by atoms with Gasteiger partial charge in [-0.2, -0.15) is 5.26 Å². The number of nitriles is 1. The lowest BCUT2D eigenvalue weighted by molar-refractivity contribution is -0.153. The maximum Gasteiger partial charge on any atom is 0.311 e. The summed E-state index contributed by atoms with van der Waals surface area (Å²) in [6.45, 7) is 0.350. The van der Waals surface area contributed by atoms with E-state index in [1.54, 1.807) is 18.5 Å². The van der Waals surface area contributed by atoms with E-state index < -0.39 is 11.4 Å². The predicted molar refractivity (Wildman–Crippen MR) is 61.4 cm³/mol. The van der Waals surface area contributed by atoms with E-state index in [2.05, 4.69) is 10.3 Å². The lowest BCUT2D eigenvalue weighted by Gasteiger charge is -2.37. The topological polar surface area (TPSA) is 86.0 Å². The molecule has 0 aliphatic heterocycles. The van der Waals surface area contributed by atoms with Gasteiger partial charge in [0.25, 0.3) is 0 Å². The van der Waals surface area contributed by atoms with Crippen molar-refractivity contribution in [3.8, 4) is 6.07 Å². The van der Waals surface area contributed by atoms with Gasteiger partial charge in [-0.15, -0.1) is 0 Å². The number of anilines is 1. The number of aliphatic carboxylic acids is 1. The lowest BCUT2D eigenvalue weighted by Crippen LogP contribution is -2.43. The Hall–Kier alpha value is -2.09. The van der Waals surface area contributed by atoms with Gasteiger partial charge in [0.15, 0.2) is 0 Å².